The molecule has 0 aliphatic heterocycles. The second-order valence-electron chi connectivity index (χ2n) is 6.18. The summed E-state index contributed by atoms with van der Waals surface area (Å²) in [4.78, 5) is 23.8. The number of methoxy groups -OCH3 is 3. The van der Waals surface area contributed by atoms with E-state index in [2.05, 4.69) is 5.32 Å². The maximum Gasteiger partial charge on any atom is 0.326 e. The van der Waals surface area contributed by atoms with Crippen molar-refractivity contribution in [3.8, 4) is 17.2 Å². The van der Waals surface area contributed by atoms with Gasteiger partial charge in [-0.15, -0.1) is 0 Å². The fraction of sp³-hybridized carbons (Fsp3) is 0.333. The van der Waals surface area contributed by atoms with Crippen LogP contribution in [0.3, 0.4) is 0 Å². The zero-order valence-corrected chi connectivity index (χ0v) is 16.2. The lowest BCUT2D eigenvalue weighted by molar-refractivity contribution is -0.141. The van der Waals surface area contributed by atoms with Crippen molar-refractivity contribution in [3.05, 3.63) is 53.6 Å². The van der Waals surface area contributed by atoms with Crippen LogP contribution in [0.2, 0.25) is 0 Å². The molecule has 0 radical (unpaired) electrons. The summed E-state index contributed by atoms with van der Waals surface area (Å²) in [5.74, 6) is 0.0866. The first-order chi connectivity index (χ1) is 13.5. The Morgan fingerprint density at radius 1 is 0.964 bits per heavy atom. The number of hydrogen-bond donors (Lipinski definition) is 2. The molecule has 2 rings (SSSR count). The zero-order chi connectivity index (χ0) is 20.5. The molecule has 1 amide bonds. The van der Waals surface area contributed by atoms with E-state index in [0.29, 0.717) is 23.7 Å². The van der Waals surface area contributed by atoms with Crippen molar-refractivity contribution in [1.82, 2.24) is 5.32 Å². The molecular weight excluding hydrogens is 362 g/mol. The molecule has 0 saturated carbocycles. The third kappa shape index (κ3) is 5.64. The molecule has 1 unspecified atom stereocenters. The number of carbonyl (C=O) groups excluding carboxylic acids is 1. The van der Waals surface area contributed by atoms with Crippen molar-refractivity contribution >= 4 is 11.9 Å². The lowest BCUT2D eigenvalue weighted by Crippen LogP contribution is -2.42. The van der Waals surface area contributed by atoms with Gasteiger partial charge in [0.15, 0.2) is 11.5 Å². The quantitative estimate of drug-likeness (QED) is 0.650. The topological polar surface area (TPSA) is 94.1 Å². The van der Waals surface area contributed by atoms with Gasteiger partial charge >= 0.3 is 5.97 Å². The van der Waals surface area contributed by atoms with Gasteiger partial charge in [0.2, 0.25) is 11.7 Å². The molecule has 150 valence electrons. The molecule has 0 bridgehead atoms. The van der Waals surface area contributed by atoms with Crippen LogP contribution < -0.4 is 19.5 Å². The maximum absolute atomic E-state index is 12.3. The number of carbonyl (C=O) groups is 2. The summed E-state index contributed by atoms with van der Waals surface area (Å²) in [6, 6.07) is 11.8. The molecule has 7 nitrogen and oxygen atoms in total. The summed E-state index contributed by atoms with van der Waals surface area (Å²) in [7, 11) is 4.57. The number of ether oxygens (including phenoxy) is 3. The Morgan fingerprint density at radius 3 is 2.07 bits per heavy atom. The SMILES string of the molecule is COc1cc(CCC(=O)NC(Cc2ccccc2)C(=O)O)cc(OC)c1OC. The van der Waals surface area contributed by atoms with Crippen molar-refractivity contribution < 1.29 is 28.9 Å². The van der Waals surface area contributed by atoms with Gasteiger partial charge < -0.3 is 24.6 Å². The largest absolute Gasteiger partial charge is 0.493 e. The zero-order valence-electron chi connectivity index (χ0n) is 16.2. The van der Waals surface area contributed by atoms with Gasteiger partial charge in [0.05, 0.1) is 21.3 Å². The van der Waals surface area contributed by atoms with Crippen molar-refractivity contribution in [1.29, 1.82) is 0 Å². The van der Waals surface area contributed by atoms with Crippen LogP contribution in [0.1, 0.15) is 17.5 Å². The Bertz CT molecular complexity index is 781. The predicted octanol–water partition coefficient (Wildman–Crippen LogP) is 2.46. The number of nitrogens with one attached hydrogen (secondary N) is 1. The van der Waals surface area contributed by atoms with Crippen LogP contribution in [-0.2, 0) is 22.4 Å². The van der Waals surface area contributed by atoms with Crippen LogP contribution in [0, 0.1) is 0 Å². The second kappa shape index (κ2) is 10.2. The Balaban J connectivity index is 2.01. The number of aliphatic carboxylic acids is 1. The molecule has 2 N–H and O–H groups in total. The molecule has 2 aromatic rings. The van der Waals surface area contributed by atoms with Crippen molar-refractivity contribution in [2.75, 3.05) is 21.3 Å². The number of hydrogen-bond acceptors (Lipinski definition) is 5. The molecule has 7 heteroatoms. The van der Waals surface area contributed by atoms with E-state index in [-0.39, 0.29) is 18.7 Å². The van der Waals surface area contributed by atoms with Gasteiger partial charge in [0.1, 0.15) is 6.04 Å². The molecule has 0 fully saturated rings. The number of amides is 1. The van der Waals surface area contributed by atoms with Gasteiger partial charge in [-0.25, -0.2) is 4.79 Å². The van der Waals surface area contributed by atoms with E-state index in [4.69, 9.17) is 14.2 Å². The molecule has 0 aliphatic carbocycles. The smallest absolute Gasteiger partial charge is 0.326 e. The van der Waals surface area contributed by atoms with Crippen LogP contribution in [-0.4, -0.2) is 44.4 Å². The van der Waals surface area contributed by atoms with E-state index < -0.39 is 12.0 Å². The molecule has 0 spiro atoms. The van der Waals surface area contributed by atoms with Crippen molar-refractivity contribution in [2.24, 2.45) is 0 Å². The lowest BCUT2D eigenvalue weighted by atomic mass is 10.0. The Hall–Kier alpha value is -3.22. The average molecular weight is 387 g/mol. The number of rotatable bonds is 10. The van der Waals surface area contributed by atoms with E-state index in [1.165, 1.54) is 21.3 Å². The molecular formula is C21H25NO6. The summed E-state index contributed by atoms with van der Waals surface area (Å²) >= 11 is 0. The molecule has 0 heterocycles. The minimum atomic E-state index is -1.06. The molecule has 2 aromatic carbocycles. The van der Waals surface area contributed by atoms with Crippen molar-refractivity contribution in [2.45, 2.75) is 25.3 Å². The minimum absolute atomic E-state index is 0.136. The monoisotopic (exact) mass is 387 g/mol. The normalized spacial score (nSPS) is 11.4. The minimum Gasteiger partial charge on any atom is -0.493 e. The third-order valence-electron chi connectivity index (χ3n) is 4.28. The Morgan fingerprint density at radius 2 is 1.57 bits per heavy atom. The molecule has 0 saturated heterocycles. The van der Waals surface area contributed by atoms with Gasteiger partial charge in [-0.2, -0.15) is 0 Å². The van der Waals surface area contributed by atoms with E-state index in [1.54, 1.807) is 12.1 Å². The van der Waals surface area contributed by atoms with Crippen LogP contribution in [0.5, 0.6) is 17.2 Å². The highest BCUT2D eigenvalue weighted by atomic mass is 16.5. The summed E-state index contributed by atoms with van der Waals surface area (Å²) in [5.41, 5.74) is 1.67. The second-order valence-corrected chi connectivity index (χ2v) is 6.18. The highest BCUT2D eigenvalue weighted by Crippen LogP contribution is 2.38. The fourth-order valence-corrected chi connectivity index (χ4v) is 2.85. The first-order valence-electron chi connectivity index (χ1n) is 8.83. The summed E-state index contributed by atoms with van der Waals surface area (Å²) in [5, 5.41) is 12.0. The van der Waals surface area contributed by atoms with Gasteiger partial charge in [-0.05, 0) is 29.7 Å². The average Bonchev–Trinajstić information content (AvgIpc) is 2.71. The van der Waals surface area contributed by atoms with Crippen LogP contribution >= 0.6 is 0 Å². The Kier molecular flexibility index (Phi) is 7.68. The highest BCUT2D eigenvalue weighted by Gasteiger charge is 2.20. The fourth-order valence-electron chi connectivity index (χ4n) is 2.85. The van der Waals surface area contributed by atoms with Gasteiger partial charge in [-0.1, -0.05) is 30.3 Å². The van der Waals surface area contributed by atoms with E-state index in [9.17, 15) is 14.7 Å². The van der Waals surface area contributed by atoms with Crippen LogP contribution in [0.25, 0.3) is 0 Å². The van der Waals surface area contributed by atoms with E-state index in [0.717, 1.165) is 11.1 Å². The number of carboxylic acid groups (broad SMARTS) is 1. The van der Waals surface area contributed by atoms with Gasteiger partial charge in [0.25, 0.3) is 0 Å². The Labute approximate surface area is 164 Å². The van der Waals surface area contributed by atoms with Crippen molar-refractivity contribution in [3.63, 3.8) is 0 Å². The van der Waals surface area contributed by atoms with E-state index in [1.807, 2.05) is 30.3 Å². The number of benzene rings is 2. The van der Waals surface area contributed by atoms with Gasteiger partial charge in [-0.3, -0.25) is 4.79 Å². The molecule has 1 atom stereocenters. The molecule has 0 aromatic heterocycles. The maximum atomic E-state index is 12.3. The summed E-state index contributed by atoms with van der Waals surface area (Å²) in [6.45, 7) is 0. The van der Waals surface area contributed by atoms with E-state index >= 15 is 0 Å². The number of aryl methyl sites for hydroxylation is 1. The van der Waals surface area contributed by atoms with Crippen LogP contribution in [0.15, 0.2) is 42.5 Å². The third-order valence-corrected chi connectivity index (χ3v) is 4.28. The standard InChI is InChI=1S/C21H25NO6/c1-26-17-12-15(13-18(27-2)20(17)28-3)9-10-19(23)22-16(21(24)25)11-14-7-5-4-6-8-14/h4-8,12-13,16H,9-11H2,1-3H3,(H,22,23)(H,24,25). The molecule has 0 aliphatic rings. The first-order valence-corrected chi connectivity index (χ1v) is 8.83. The molecule has 28 heavy (non-hydrogen) atoms. The number of carboxylic acids is 1. The lowest BCUT2D eigenvalue weighted by Gasteiger charge is -2.16. The summed E-state index contributed by atoms with van der Waals surface area (Å²) < 4.78 is 15.9. The highest BCUT2D eigenvalue weighted by molar-refractivity contribution is 5.83. The predicted molar refractivity (Wildman–Crippen MR) is 104 cm³/mol. The van der Waals surface area contributed by atoms with Gasteiger partial charge in [0, 0.05) is 12.8 Å². The van der Waals surface area contributed by atoms with Crippen LogP contribution in [0.4, 0.5) is 0 Å². The first kappa shape index (κ1) is 21.1. The summed E-state index contributed by atoms with van der Waals surface area (Å²) in [6.07, 6.45) is 0.767.